The van der Waals surface area contributed by atoms with E-state index in [-0.39, 0.29) is 11.6 Å². The second-order valence-corrected chi connectivity index (χ2v) is 7.61. The van der Waals surface area contributed by atoms with Crippen molar-refractivity contribution in [2.24, 2.45) is 0 Å². The van der Waals surface area contributed by atoms with Crippen molar-refractivity contribution in [1.29, 1.82) is 0 Å². The lowest BCUT2D eigenvalue weighted by atomic mass is 10.2. The maximum Gasteiger partial charge on any atom is 0.296 e. The number of nitrogens with one attached hydrogen (secondary N) is 1. The largest absolute Gasteiger partial charge is 0.496 e. The molecule has 0 saturated carbocycles. The van der Waals surface area contributed by atoms with Crippen LogP contribution in [0.15, 0.2) is 42.5 Å². The van der Waals surface area contributed by atoms with E-state index >= 15 is 0 Å². The van der Waals surface area contributed by atoms with Gasteiger partial charge >= 0.3 is 0 Å². The Morgan fingerprint density at radius 2 is 1.91 bits per heavy atom. The minimum atomic E-state index is -0.409. The van der Waals surface area contributed by atoms with Crippen LogP contribution in [-0.2, 0) is 0 Å². The van der Waals surface area contributed by atoms with Crippen molar-refractivity contribution in [3.63, 3.8) is 0 Å². The standard InChI is InChI=1S/C22H26N4O5S/c1-3-13-31-18-6-4-5-16(14-18)21(27)23-22(32)25-11-9-24(10-12-25)19-8-7-17(30-2)15-20(19)26(28)29/h4-8,14-15H,3,9-13H2,1-2H3,(H,23,27,32). The van der Waals surface area contributed by atoms with Gasteiger partial charge in [-0.3, -0.25) is 20.2 Å². The highest BCUT2D eigenvalue weighted by Gasteiger charge is 2.26. The van der Waals surface area contributed by atoms with Gasteiger partial charge in [-0.15, -0.1) is 0 Å². The van der Waals surface area contributed by atoms with Crippen LogP contribution in [0, 0.1) is 10.1 Å². The molecule has 32 heavy (non-hydrogen) atoms. The molecule has 0 atom stereocenters. The highest BCUT2D eigenvalue weighted by atomic mass is 32.1. The topological polar surface area (TPSA) is 97.2 Å². The van der Waals surface area contributed by atoms with Crippen LogP contribution in [-0.4, -0.2) is 60.7 Å². The molecule has 1 N–H and O–H groups in total. The fourth-order valence-electron chi connectivity index (χ4n) is 3.39. The number of anilines is 1. The van der Waals surface area contributed by atoms with Crippen LogP contribution in [0.4, 0.5) is 11.4 Å². The first kappa shape index (κ1) is 23.3. The highest BCUT2D eigenvalue weighted by Crippen LogP contribution is 2.32. The van der Waals surface area contributed by atoms with Gasteiger partial charge < -0.3 is 19.3 Å². The first-order valence-corrected chi connectivity index (χ1v) is 10.7. The number of rotatable bonds is 7. The summed E-state index contributed by atoms with van der Waals surface area (Å²) in [7, 11) is 1.47. The second-order valence-electron chi connectivity index (χ2n) is 7.22. The van der Waals surface area contributed by atoms with Crippen molar-refractivity contribution in [1.82, 2.24) is 10.2 Å². The second kappa shape index (κ2) is 10.8. The number of nitrogens with zero attached hydrogens (tertiary/aromatic N) is 3. The summed E-state index contributed by atoms with van der Waals surface area (Å²) in [5.41, 5.74) is 1.00. The number of amides is 1. The highest BCUT2D eigenvalue weighted by molar-refractivity contribution is 7.80. The summed E-state index contributed by atoms with van der Waals surface area (Å²) in [5, 5.41) is 14.6. The third kappa shape index (κ3) is 5.64. The van der Waals surface area contributed by atoms with Gasteiger partial charge in [-0.2, -0.15) is 0 Å². The predicted octanol–water partition coefficient (Wildman–Crippen LogP) is 3.23. The third-order valence-electron chi connectivity index (χ3n) is 5.08. The van der Waals surface area contributed by atoms with Gasteiger partial charge in [-0.25, -0.2) is 0 Å². The van der Waals surface area contributed by atoms with Gasteiger partial charge in [0.15, 0.2) is 5.11 Å². The number of benzene rings is 2. The van der Waals surface area contributed by atoms with Crippen LogP contribution < -0.4 is 19.7 Å². The molecular formula is C22H26N4O5S. The number of hydrogen-bond acceptors (Lipinski definition) is 7. The monoisotopic (exact) mass is 458 g/mol. The third-order valence-corrected chi connectivity index (χ3v) is 5.44. The molecule has 0 spiro atoms. The minimum Gasteiger partial charge on any atom is -0.496 e. The van der Waals surface area contributed by atoms with Crippen LogP contribution in [0.2, 0.25) is 0 Å². The smallest absolute Gasteiger partial charge is 0.296 e. The fourth-order valence-corrected chi connectivity index (χ4v) is 3.66. The molecule has 3 rings (SSSR count). The lowest BCUT2D eigenvalue weighted by Crippen LogP contribution is -2.52. The van der Waals surface area contributed by atoms with E-state index in [4.69, 9.17) is 21.7 Å². The number of thiocarbonyl (C=S) groups is 1. The van der Waals surface area contributed by atoms with Crippen LogP contribution in [0.5, 0.6) is 11.5 Å². The molecule has 1 aliphatic heterocycles. The van der Waals surface area contributed by atoms with E-state index in [1.807, 2.05) is 22.8 Å². The number of piperazine rings is 1. The summed E-state index contributed by atoms with van der Waals surface area (Å²) in [4.78, 5) is 27.5. The Morgan fingerprint density at radius 3 is 2.56 bits per heavy atom. The van der Waals surface area contributed by atoms with Crippen LogP contribution in [0.3, 0.4) is 0 Å². The van der Waals surface area contributed by atoms with E-state index in [0.29, 0.717) is 60.6 Å². The Morgan fingerprint density at radius 1 is 1.16 bits per heavy atom. The van der Waals surface area contributed by atoms with E-state index in [1.54, 1.807) is 30.3 Å². The predicted molar refractivity (Wildman–Crippen MR) is 126 cm³/mol. The molecule has 1 amide bonds. The molecule has 1 fully saturated rings. The Kier molecular flexibility index (Phi) is 7.82. The van der Waals surface area contributed by atoms with Crippen molar-refractivity contribution in [3.8, 4) is 11.5 Å². The van der Waals surface area contributed by atoms with Crippen molar-refractivity contribution in [2.45, 2.75) is 13.3 Å². The Balaban J connectivity index is 1.59. The molecule has 2 aromatic carbocycles. The number of methoxy groups -OCH3 is 1. The summed E-state index contributed by atoms with van der Waals surface area (Å²) in [6, 6.07) is 11.8. The Labute approximate surface area is 192 Å². The maximum atomic E-state index is 12.6. The van der Waals surface area contributed by atoms with Crippen molar-refractivity contribution in [3.05, 3.63) is 58.1 Å². The van der Waals surface area contributed by atoms with E-state index < -0.39 is 4.92 Å². The number of carbonyl (C=O) groups excluding carboxylic acids is 1. The molecule has 0 unspecified atom stereocenters. The van der Waals surface area contributed by atoms with Crippen molar-refractivity contribution >= 4 is 34.6 Å². The van der Waals surface area contributed by atoms with Crippen LogP contribution in [0.25, 0.3) is 0 Å². The molecular weight excluding hydrogens is 432 g/mol. The average Bonchev–Trinajstić information content (AvgIpc) is 2.82. The molecule has 0 radical (unpaired) electrons. The SMILES string of the molecule is CCCOc1cccc(C(=O)NC(=S)N2CCN(c3ccc(OC)cc3[N+](=O)[O-])CC2)c1. The van der Waals surface area contributed by atoms with E-state index in [1.165, 1.54) is 13.2 Å². The Hall–Kier alpha value is -3.40. The van der Waals surface area contributed by atoms with Crippen molar-refractivity contribution in [2.75, 3.05) is 44.8 Å². The van der Waals surface area contributed by atoms with E-state index in [0.717, 1.165) is 6.42 Å². The quantitative estimate of drug-likeness (QED) is 0.384. The zero-order valence-corrected chi connectivity index (χ0v) is 18.9. The van der Waals surface area contributed by atoms with Gasteiger partial charge in [-0.1, -0.05) is 13.0 Å². The normalized spacial score (nSPS) is 13.4. The first-order valence-electron chi connectivity index (χ1n) is 10.3. The molecule has 0 aromatic heterocycles. The van der Waals surface area contributed by atoms with E-state index in [2.05, 4.69) is 5.32 Å². The molecule has 170 valence electrons. The number of hydrogen-bond donors (Lipinski definition) is 1. The molecule has 1 saturated heterocycles. The molecule has 10 heteroatoms. The molecule has 9 nitrogen and oxygen atoms in total. The van der Waals surface area contributed by atoms with Gasteiger partial charge in [0, 0.05) is 31.7 Å². The lowest BCUT2D eigenvalue weighted by molar-refractivity contribution is -0.384. The fraction of sp³-hybridized carbons (Fsp3) is 0.364. The molecule has 0 aliphatic carbocycles. The molecule has 1 heterocycles. The van der Waals surface area contributed by atoms with E-state index in [9.17, 15) is 14.9 Å². The number of nitro groups is 1. The molecule has 1 aliphatic rings. The molecule has 0 bridgehead atoms. The maximum absolute atomic E-state index is 12.6. The Bertz CT molecular complexity index is 992. The van der Waals surface area contributed by atoms with Crippen LogP contribution >= 0.6 is 12.2 Å². The summed E-state index contributed by atoms with van der Waals surface area (Å²) in [6.07, 6.45) is 0.881. The zero-order chi connectivity index (χ0) is 23.1. The summed E-state index contributed by atoms with van der Waals surface area (Å²) in [6.45, 7) is 4.72. The zero-order valence-electron chi connectivity index (χ0n) is 18.1. The van der Waals surface area contributed by atoms with Crippen LogP contribution in [0.1, 0.15) is 23.7 Å². The first-order chi connectivity index (χ1) is 15.4. The number of ether oxygens (including phenoxy) is 2. The van der Waals surface area contributed by atoms with Gasteiger partial charge in [-0.05, 0) is 49.0 Å². The van der Waals surface area contributed by atoms with Gasteiger partial charge in [0.25, 0.3) is 11.6 Å². The van der Waals surface area contributed by atoms with Gasteiger partial charge in [0.2, 0.25) is 0 Å². The number of carbonyl (C=O) groups is 1. The summed E-state index contributed by atoms with van der Waals surface area (Å²) in [5.74, 6) is 0.775. The van der Waals surface area contributed by atoms with Gasteiger partial charge in [0.1, 0.15) is 17.2 Å². The summed E-state index contributed by atoms with van der Waals surface area (Å²) >= 11 is 5.43. The van der Waals surface area contributed by atoms with Gasteiger partial charge in [0.05, 0.1) is 24.7 Å². The average molecular weight is 459 g/mol. The lowest BCUT2D eigenvalue weighted by Gasteiger charge is -2.37. The minimum absolute atomic E-state index is 0.00106. The molecule has 2 aromatic rings. The number of nitro benzene ring substituents is 1. The van der Waals surface area contributed by atoms with Crippen molar-refractivity contribution < 1.29 is 19.2 Å². The summed E-state index contributed by atoms with van der Waals surface area (Å²) < 4.78 is 10.7.